The number of carbonyl (C=O) groups is 2. The van der Waals surface area contributed by atoms with Crippen LogP contribution >= 0.6 is 0 Å². The average Bonchev–Trinajstić information content (AvgIpc) is 2.65. The fraction of sp³-hybridized carbons (Fsp3) is 0.875. The maximum absolute atomic E-state index is 11.4. The Labute approximate surface area is 166 Å². The average molecular weight is 424 g/mol. The highest BCUT2D eigenvalue weighted by Gasteiger charge is 2.48. The number of aliphatic hydroxyl groups excluding tert-OH is 6. The maximum Gasteiger partial charge on any atom is 0.217 e. The zero-order chi connectivity index (χ0) is 21.9. The Balaban J connectivity index is 2.05. The standard InChI is InChI=1S/C16H28N2O11/c1-5(20)17-9-13(24)12(23)8(28-15(9)26)4-27-16-10(18-6(2)21)14(25)11(22)7(3-19)29-16/h7-16,19,22-26H,3-4H2,1-2H3,(H,17,20)(H,18,21)/t7-,8-,9-,10-,11-,12+,13-,14-,15?,16-/m1/s1. The summed E-state index contributed by atoms with van der Waals surface area (Å²) in [5.41, 5.74) is 0. The maximum atomic E-state index is 11.4. The minimum Gasteiger partial charge on any atom is -0.394 e. The lowest BCUT2D eigenvalue weighted by atomic mass is 9.96. The Kier molecular flexibility index (Phi) is 8.28. The molecule has 168 valence electrons. The molecule has 2 saturated heterocycles. The number of aliphatic hydroxyl groups is 6. The molecule has 8 N–H and O–H groups in total. The summed E-state index contributed by atoms with van der Waals surface area (Å²) in [6, 6.07) is -2.46. The molecule has 0 aromatic carbocycles. The first-order valence-electron chi connectivity index (χ1n) is 9.04. The molecule has 0 radical (unpaired) electrons. The molecule has 0 saturated carbocycles. The van der Waals surface area contributed by atoms with Crippen LogP contribution < -0.4 is 10.6 Å². The topological polar surface area (TPSA) is 207 Å². The monoisotopic (exact) mass is 424 g/mol. The van der Waals surface area contributed by atoms with Gasteiger partial charge in [0.1, 0.15) is 48.7 Å². The minimum absolute atomic E-state index is 0.455. The lowest BCUT2D eigenvalue weighted by Crippen LogP contribution is -2.66. The van der Waals surface area contributed by atoms with Gasteiger partial charge in [0.2, 0.25) is 11.8 Å². The van der Waals surface area contributed by atoms with Gasteiger partial charge in [0.05, 0.1) is 13.2 Å². The Hall–Kier alpha value is -1.42. The second-order valence-electron chi connectivity index (χ2n) is 7.04. The third kappa shape index (κ3) is 5.59. The Morgan fingerprint density at radius 3 is 1.90 bits per heavy atom. The van der Waals surface area contributed by atoms with Crippen molar-refractivity contribution in [3.8, 4) is 0 Å². The van der Waals surface area contributed by atoms with Crippen LogP contribution in [0.1, 0.15) is 13.8 Å². The van der Waals surface area contributed by atoms with Crippen LogP contribution in [0.25, 0.3) is 0 Å². The van der Waals surface area contributed by atoms with Gasteiger partial charge in [0.15, 0.2) is 12.6 Å². The van der Waals surface area contributed by atoms with Crippen LogP contribution in [-0.4, -0.2) is 117 Å². The second kappa shape index (κ2) is 10.1. The van der Waals surface area contributed by atoms with Gasteiger partial charge in [0, 0.05) is 13.8 Å². The second-order valence-corrected chi connectivity index (χ2v) is 7.04. The van der Waals surface area contributed by atoms with E-state index in [9.17, 15) is 40.2 Å². The minimum atomic E-state index is -1.64. The normalized spacial score (nSPS) is 42.9. The van der Waals surface area contributed by atoms with Gasteiger partial charge in [-0.05, 0) is 0 Å². The lowest BCUT2D eigenvalue weighted by molar-refractivity contribution is -0.297. The third-order valence-electron chi connectivity index (χ3n) is 4.77. The largest absolute Gasteiger partial charge is 0.394 e. The Morgan fingerprint density at radius 1 is 0.828 bits per heavy atom. The highest BCUT2D eigenvalue weighted by Crippen LogP contribution is 2.25. The van der Waals surface area contributed by atoms with Crippen molar-refractivity contribution in [2.75, 3.05) is 13.2 Å². The molecule has 2 aliphatic heterocycles. The van der Waals surface area contributed by atoms with Gasteiger partial charge in [-0.3, -0.25) is 9.59 Å². The first kappa shape index (κ1) is 23.9. The van der Waals surface area contributed by atoms with Crippen LogP contribution in [0.2, 0.25) is 0 Å². The molecule has 1 unspecified atom stereocenters. The number of nitrogens with one attached hydrogen (secondary N) is 2. The zero-order valence-corrected chi connectivity index (χ0v) is 15.9. The first-order valence-corrected chi connectivity index (χ1v) is 9.04. The molecule has 29 heavy (non-hydrogen) atoms. The van der Waals surface area contributed by atoms with Crippen LogP contribution in [0.4, 0.5) is 0 Å². The zero-order valence-electron chi connectivity index (χ0n) is 15.9. The van der Waals surface area contributed by atoms with Crippen molar-refractivity contribution in [2.24, 2.45) is 0 Å². The quantitative estimate of drug-likeness (QED) is 0.202. The summed E-state index contributed by atoms with van der Waals surface area (Å²) >= 11 is 0. The van der Waals surface area contributed by atoms with E-state index in [1.807, 2.05) is 0 Å². The molecule has 0 bridgehead atoms. The van der Waals surface area contributed by atoms with Crippen LogP contribution in [-0.2, 0) is 23.8 Å². The van der Waals surface area contributed by atoms with Crippen molar-refractivity contribution in [3.05, 3.63) is 0 Å². The Bertz CT molecular complexity index is 579. The molecule has 13 heteroatoms. The van der Waals surface area contributed by atoms with Crippen LogP contribution in [0.3, 0.4) is 0 Å². The molecular formula is C16H28N2O11. The van der Waals surface area contributed by atoms with Crippen molar-refractivity contribution in [1.29, 1.82) is 0 Å². The van der Waals surface area contributed by atoms with Gasteiger partial charge < -0.3 is 55.5 Å². The SMILES string of the molecule is CC(=O)N[C@H]1[C@H](OC[C@H]2OC(O)[C@H](NC(C)=O)[C@@H](O)[C@H]2O)O[C@H](CO)[C@@H](O)[C@@H]1O. The van der Waals surface area contributed by atoms with E-state index in [0.29, 0.717) is 0 Å². The molecular weight excluding hydrogens is 396 g/mol. The molecule has 2 rings (SSSR count). The predicted molar refractivity (Wildman–Crippen MR) is 91.8 cm³/mol. The van der Waals surface area contributed by atoms with Crippen LogP contribution in [0, 0.1) is 0 Å². The van der Waals surface area contributed by atoms with E-state index in [0.717, 1.165) is 0 Å². The smallest absolute Gasteiger partial charge is 0.217 e. The van der Waals surface area contributed by atoms with Crippen molar-refractivity contribution in [3.63, 3.8) is 0 Å². The van der Waals surface area contributed by atoms with Crippen LogP contribution in [0.15, 0.2) is 0 Å². The highest BCUT2D eigenvalue weighted by atomic mass is 16.7. The van der Waals surface area contributed by atoms with Crippen LogP contribution in [0.5, 0.6) is 0 Å². The van der Waals surface area contributed by atoms with Gasteiger partial charge in [-0.2, -0.15) is 0 Å². The molecule has 0 spiro atoms. The molecule has 0 aromatic rings. The van der Waals surface area contributed by atoms with Crippen molar-refractivity contribution < 1.29 is 54.4 Å². The molecule has 10 atom stereocenters. The van der Waals surface area contributed by atoms with Gasteiger partial charge in [0.25, 0.3) is 0 Å². The van der Waals surface area contributed by atoms with E-state index in [4.69, 9.17) is 14.2 Å². The summed E-state index contributed by atoms with van der Waals surface area (Å²) in [7, 11) is 0. The number of hydrogen-bond acceptors (Lipinski definition) is 11. The molecule has 2 fully saturated rings. The number of rotatable bonds is 6. The van der Waals surface area contributed by atoms with E-state index in [-0.39, 0.29) is 0 Å². The molecule has 2 aliphatic rings. The number of ether oxygens (including phenoxy) is 3. The van der Waals surface area contributed by atoms with E-state index in [1.54, 1.807) is 0 Å². The van der Waals surface area contributed by atoms with Crippen molar-refractivity contribution in [1.82, 2.24) is 10.6 Å². The summed E-state index contributed by atoms with van der Waals surface area (Å²) in [4.78, 5) is 22.6. The fourth-order valence-electron chi connectivity index (χ4n) is 3.28. The van der Waals surface area contributed by atoms with Crippen molar-refractivity contribution in [2.45, 2.75) is 75.1 Å². The summed E-state index contributed by atoms with van der Waals surface area (Å²) < 4.78 is 16.0. The first-order chi connectivity index (χ1) is 13.6. The van der Waals surface area contributed by atoms with Gasteiger partial charge in [-0.1, -0.05) is 0 Å². The molecule has 0 aromatic heterocycles. The Morgan fingerprint density at radius 2 is 1.34 bits per heavy atom. The van der Waals surface area contributed by atoms with Gasteiger partial charge in [-0.25, -0.2) is 0 Å². The van der Waals surface area contributed by atoms with Gasteiger partial charge in [-0.15, -0.1) is 0 Å². The third-order valence-corrected chi connectivity index (χ3v) is 4.77. The molecule has 2 amide bonds. The predicted octanol–water partition coefficient (Wildman–Crippen LogP) is -5.11. The highest BCUT2D eigenvalue weighted by molar-refractivity contribution is 5.73. The van der Waals surface area contributed by atoms with E-state index >= 15 is 0 Å². The lowest BCUT2D eigenvalue weighted by Gasteiger charge is -2.44. The van der Waals surface area contributed by atoms with Crippen molar-refractivity contribution >= 4 is 11.8 Å². The fourth-order valence-corrected chi connectivity index (χ4v) is 3.28. The number of carbonyl (C=O) groups excluding carboxylic acids is 2. The summed E-state index contributed by atoms with van der Waals surface area (Å²) in [6.45, 7) is 1.26. The van der Waals surface area contributed by atoms with E-state index in [2.05, 4.69) is 10.6 Å². The summed E-state index contributed by atoms with van der Waals surface area (Å²) in [5, 5.41) is 64.4. The van der Waals surface area contributed by atoms with Gasteiger partial charge >= 0.3 is 0 Å². The molecule has 0 aliphatic carbocycles. The number of amides is 2. The van der Waals surface area contributed by atoms with E-state index < -0.39 is 86.3 Å². The van der Waals surface area contributed by atoms with E-state index in [1.165, 1.54) is 13.8 Å². The summed E-state index contributed by atoms with van der Waals surface area (Å²) in [6.07, 6.45) is -11.5. The summed E-state index contributed by atoms with van der Waals surface area (Å²) in [5.74, 6) is -1.09. The number of hydrogen-bond donors (Lipinski definition) is 8. The molecule has 13 nitrogen and oxygen atoms in total. The molecule has 2 heterocycles.